The first-order valence-corrected chi connectivity index (χ1v) is 8.22. The van der Waals surface area contributed by atoms with Crippen LogP contribution in [0.15, 0.2) is 18.2 Å². The van der Waals surface area contributed by atoms with E-state index in [1.807, 2.05) is 6.07 Å². The summed E-state index contributed by atoms with van der Waals surface area (Å²) in [5.41, 5.74) is 1.02. The van der Waals surface area contributed by atoms with Crippen molar-refractivity contribution in [3.05, 3.63) is 33.8 Å². The van der Waals surface area contributed by atoms with Gasteiger partial charge in [0.2, 0.25) is 5.91 Å². The van der Waals surface area contributed by atoms with E-state index in [0.717, 1.165) is 5.56 Å². The minimum atomic E-state index is -1.04. The summed E-state index contributed by atoms with van der Waals surface area (Å²) < 4.78 is 5.31. The highest BCUT2D eigenvalue weighted by Crippen LogP contribution is 2.23. The molecule has 1 saturated heterocycles. The first-order valence-electron chi connectivity index (χ1n) is 7.46. The Kier molecular flexibility index (Phi) is 6.27. The van der Waals surface area contributed by atoms with E-state index in [-0.39, 0.29) is 18.6 Å². The molecular formula is C16H19Cl2NO4. The third-order valence-electron chi connectivity index (χ3n) is 3.73. The number of nitrogens with zero attached hydrogens (tertiary/aromatic N) is 1. The van der Waals surface area contributed by atoms with Gasteiger partial charge in [-0.25, -0.2) is 4.79 Å². The minimum absolute atomic E-state index is 0.0496. The van der Waals surface area contributed by atoms with Crippen molar-refractivity contribution in [1.29, 1.82) is 0 Å². The molecule has 2 rings (SSSR count). The number of carboxylic acids is 1. The monoisotopic (exact) mass is 359 g/mol. The van der Waals surface area contributed by atoms with Crippen LogP contribution >= 0.6 is 23.2 Å². The number of halogens is 2. The number of rotatable bonds is 5. The summed E-state index contributed by atoms with van der Waals surface area (Å²) >= 11 is 11.8. The fourth-order valence-corrected chi connectivity index (χ4v) is 2.91. The summed E-state index contributed by atoms with van der Waals surface area (Å²) in [6.07, 6.45) is 0.520. The number of ether oxygens (including phenoxy) is 1. The molecule has 7 heteroatoms. The number of aryl methyl sites for hydroxylation is 1. The molecule has 2 atom stereocenters. The Morgan fingerprint density at radius 1 is 1.30 bits per heavy atom. The number of carboxylic acid groups (broad SMARTS) is 1. The molecule has 1 unspecified atom stereocenters. The Bertz CT molecular complexity index is 593. The zero-order valence-corrected chi connectivity index (χ0v) is 14.3. The van der Waals surface area contributed by atoms with E-state index in [9.17, 15) is 9.59 Å². The quantitative estimate of drug-likeness (QED) is 0.877. The minimum Gasteiger partial charge on any atom is -0.479 e. The average Bonchev–Trinajstić information content (AvgIpc) is 2.50. The second-order valence-corrected chi connectivity index (χ2v) is 6.49. The summed E-state index contributed by atoms with van der Waals surface area (Å²) in [7, 11) is 0. The van der Waals surface area contributed by atoms with Crippen LogP contribution in [0.1, 0.15) is 25.3 Å². The summed E-state index contributed by atoms with van der Waals surface area (Å²) in [4.78, 5) is 24.9. The molecule has 1 aliphatic heterocycles. The van der Waals surface area contributed by atoms with Crippen LogP contribution in [0, 0.1) is 0 Å². The molecule has 0 aliphatic carbocycles. The van der Waals surface area contributed by atoms with Gasteiger partial charge in [0.1, 0.15) is 0 Å². The van der Waals surface area contributed by atoms with Gasteiger partial charge in [-0.1, -0.05) is 29.3 Å². The Labute approximate surface area is 145 Å². The van der Waals surface area contributed by atoms with Crippen LogP contribution in [0.2, 0.25) is 10.0 Å². The molecule has 1 fully saturated rings. The lowest BCUT2D eigenvalue weighted by molar-refractivity contribution is -0.166. The summed E-state index contributed by atoms with van der Waals surface area (Å²) in [6.45, 7) is 2.30. The van der Waals surface area contributed by atoms with Crippen LogP contribution < -0.4 is 0 Å². The van der Waals surface area contributed by atoms with E-state index in [1.165, 1.54) is 0 Å². The van der Waals surface area contributed by atoms with Crippen molar-refractivity contribution in [2.45, 2.75) is 38.4 Å². The van der Waals surface area contributed by atoms with Crippen LogP contribution in [0.4, 0.5) is 0 Å². The molecule has 1 aliphatic rings. The molecule has 1 N–H and O–H groups in total. The van der Waals surface area contributed by atoms with Gasteiger partial charge in [0, 0.05) is 13.0 Å². The highest BCUT2D eigenvalue weighted by molar-refractivity contribution is 6.42. The molecule has 0 radical (unpaired) electrons. The molecule has 0 bridgehead atoms. The highest BCUT2D eigenvalue weighted by Gasteiger charge is 2.32. The highest BCUT2D eigenvalue weighted by atomic mass is 35.5. The van der Waals surface area contributed by atoms with Gasteiger partial charge >= 0.3 is 5.97 Å². The largest absolute Gasteiger partial charge is 0.479 e. The van der Waals surface area contributed by atoms with Gasteiger partial charge in [-0.05, 0) is 37.5 Å². The van der Waals surface area contributed by atoms with E-state index in [1.54, 1.807) is 24.0 Å². The zero-order chi connectivity index (χ0) is 17.0. The van der Waals surface area contributed by atoms with Crippen molar-refractivity contribution in [3.8, 4) is 0 Å². The van der Waals surface area contributed by atoms with Gasteiger partial charge in [0.05, 0.1) is 22.7 Å². The fourth-order valence-electron chi connectivity index (χ4n) is 2.59. The topological polar surface area (TPSA) is 66.8 Å². The molecule has 0 saturated carbocycles. The van der Waals surface area contributed by atoms with Crippen LogP contribution in [0.5, 0.6) is 0 Å². The number of aliphatic carboxylic acids is 1. The van der Waals surface area contributed by atoms with Gasteiger partial charge in [-0.15, -0.1) is 0 Å². The number of hydrogen-bond donors (Lipinski definition) is 1. The van der Waals surface area contributed by atoms with Crippen molar-refractivity contribution in [2.24, 2.45) is 0 Å². The molecule has 0 aromatic heterocycles. The van der Waals surface area contributed by atoms with Gasteiger partial charge < -0.3 is 14.7 Å². The molecule has 126 valence electrons. The SMILES string of the molecule is C[C@@H]1CN(C(=O)CCCc2ccc(Cl)c(Cl)c2)CC(C(=O)O)O1. The predicted octanol–water partition coefficient (Wildman–Crippen LogP) is 3.02. The standard InChI is InChI=1S/C16H19Cl2NO4/c1-10-8-19(9-14(23-10)16(21)22)15(20)4-2-3-11-5-6-12(17)13(18)7-11/h5-7,10,14H,2-4,8-9H2,1H3,(H,21,22)/t10-,14?/m1/s1. The number of morpholine rings is 1. The Hall–Kier alpha value is -1.30. The van der Waals surface area contributed by atoms with Crippen LogP contribution in [0.25, 0.3) is 0 Å². The summed E-state index contributed by atoms with van der Waals surface area (Å²) in [5, 5.41) is 10.1. The van der Waals surface area contributed by atoms with Gasteiger partial charge in [-0.3, -0.25) is 4.79 Å². The first kappa shape index (κ1) is 18.0. The second-order valence-electron chi connectivity index (χ2n) is 5.67. The molecule has 23 heavy (non-hydrogen) atoms. The fraction of sp³-hybridized carbons (Fsp3) is 0.500. The maximum absolute atomic E-state index is 12.3. The van der Waals surface area contributed by atoms with Gasteiger partial charge in [-0.2, -0.15) is 0 Å². The van der Waals surface area contributed by atoms with Crippen molar-refractivity contribution < 1.29 is 19.4 Å². The Morgan fingerprint density at radius 3 is 2.70 bits per heavy atom. The first-order chi connectivity index (χ1) is 10.9. The lowest BCUT2D eigenvalue weighted by atomic mass is 10.1. The van der Waals surface area contributed by atoms with Crippen molar-refractivity contribution in [2.75, 3.05) is 13.1 Å². The lowest BCUT2D eigenvalue weighted by Gasteiger charge is -2.35. The molecule has 5 nitrogen and oxygen atoms in total. The van der Waals surface area contributed by atoms with Gasteiger partial charge in [0.25, 0.3) is 0 Å². The summed E-state index contributed by atoms with van der Waals surface area (Å²) in [6, 6.07) is 5.42. The van der Waals surface area contributed by atoms with E-state index >= 15 is 0 Å². The number of amides is 1. The molecule has 1 amide bonds. The van der Waals surface area contributed by atoms with E-state index in [4.69, 9.17) is 33.0 Å². The van der Waals surface area contributed by atoms with E-state index < -0.39 is 12.1 Å². The van der Waals surface area contributed by atoms with Crippen molar-refractivity contribution in [1.82, 2.24) is 4.90 Å². The van der Waals surface area contributed by atoms with E-state index in [0.29, 0.717) is 35.9 Å². The maximum Gasteiger partial charge on any atom is 0.334 e. The number of carbonyl (C=O) groups excluding carboxylic acids is 1. The molecule has 0 spiro atoms. The Morgan fingerprint density at radius 2 is 2.04 bits per heavy atom. The average molecular weight is 360 g/mol. The van der Waals surface area contributed by atoms with Crippen molar-refractivity contribution >= 4 is 35.1 Å². The van der Waals surface area contributed by atoms with Crippen LogP contribution in [-0.4, -0.2) is 47.2 Å². The van der Waals surface area contributed by atoms with Gasteiger partial charge in [0.15, 0.2) is 6.10 Å². The smallest absolute Gasteiger partial charge is 0.334 e. The molecule has 1 heterocycles. The maximum atomic E-state index is 12.3. The second kappa shape index (κ2) is 7.99. The number of carbonyl (C=O) groups is 2. The number of benzene rings is 1. The van der Waals surface area contributed by atoms with Crippen LogP contribution in [-0.2, 0) is 20.7 Å². The zero-order valence-electron chi connectivity index (χ0n) is 12.8. The lowest BCUT2D eigenvalue weighted by Crippen LogP contribution is -2.51. The third kappa shape index (κ3) is 5.09. The van der Waals surface area contributed by atoms with Crippen molar-refractivity contribution in [3.63, 3.8) is 0 Å². The third-order valence-corrected chi connectivity index (χ3v) is 4.47. The molecule has 1 aromatic carbocycles. The predicted molar refractivity (Wildman–Crippen MR) is 88.0 cm³/mol. The number of hydrogen-bond acceptors (Lipinski definition) is 3. The molecular weight excluding hydrogens is 341 g/mol. The Balaban J connectivity index is 1.84. The molecule has 1 aromatic rings. The van der Waals surface area contributed by atoms with E-state index in [2.05, 4.69) is 0 Å². The normalized spacial score (nSPS) is 21.3. The van der Waals surface area contributed by atoms with Crippen LogP contribution in [0.3, 0.4) is 0 Å². The summed E-state index contributed by atoms with van der Waals surface area (Å²) in [5.74, 6) is -1.09.